The number of benzene rings is 1. The van der Waals surface area contributed by atoms with Gasteiger partial charge in [0.25, 0.3) is 0 Å². The van der Waals surface area contributed by atoms with E-state index in [0.29, 0.717) is 6.04 Å². The number of anilines is 1. The summed E-state index contributed by atoms with van der Waals surface area (Å²) in [6.07, 6.45) is 2.71. The van der Waals surface area contributed by atoms with Gasteiger partial charge in [0.05, 0.1) is 0 Å². The van der Waals surface area contributed by atoms with Gasteiger partial charge in [-0.25, -0.2) is 0 Å². The van der Waals surface area contributed by atoms with Gasteiger partial charge in [0.2, 0.25) is 0 Å². The first kappa shape index (κ1) is 13.9. The molecule has 3 heteroatoms. The zero-order valence-corrected chi connectivity index (χ0v) is 13.0. The zero-order valence-electron chi connectivity index (χ0n) is 13.0. The molecule has 3 nitrogen and oxygen atoms in total. The predicted molar refractivity (Wildman–Crippen MR) is 85.3 cm³/mol. The Balaban J connectivity index is 1.79. The SMILES string of the molecule is Cc1ccc(N2CCN(C)CC2C)c(CNC2CC2)c1. The maximum Gasteiger partial charge on any atom is 0.0415 e. The van der Waals surface area contributed by atoms with Crippen LogP contribution < -0.4 is 10.2 Å². The van der Waals surface area contributed by atoms with Crippen LogP contribution in [0.5, 0.6) is 0 Å². The van der Waals surface area contributed by atoms with E-state index >= 15 is 0 Å². The molecule has 2 aliphatic rings. The molecule has 1 aliphatic carbocycles. The Bertz CT molecular complexity index is 467. The van der Waals surface area contributed by atoms with Crippen LogP contribution in [0.4, 0.5) is 5.69 Å². The van der Waals surface area contributed by atoms with Crippen LogP contribution in [0.3, 0.4) is 0 Å². The molecule has 1 saturated carbocycles. The Morgan fingerprint density at radius 3 is 2.75 bits per heavy atom. The highest BCUT2D eigenvalue weighted by molar-refractivity contribution is 5.56. The van der Waals surface area contributed by atoms with Crippen molar-refractivity contribution in [3.63, 3.8) is 0 Å². The van der Waals surface area contributed by atoms with Crippen molar-refractivity contribution >= 4 is 5.69 Å². The van der Waals surface area contributed by atoms with Crippen LogP contribution >= 0.6 is 0 Å². The van der Waals surface area contributed by atoms with E-state index in [-0.39, 0.29) is 0 Å². The number of nitrogens with one attached hydrogen (secondary N) is 1. The zero-order chi connectivity index (χ0) is 14.1. The fraction of sp³-hybridized carbons (Fsp3) is 0.647. The van der Waals surface area contributed by atoms with E-state index < -0.39 is 0 Å². The van der Waals surface area contributed by atoms with Gasteiger partial charge in [-0.1, -0.05) is 17.7 Å². The molecule has 0 radical (unpaired) electrons. The van der Waals surface area contributed by atoms with E-state index in [1.54, 1.807) is 0 Å². The van der Waals surface area contributed by atoms with Crippen LogP contribution in [0.2, 0.25) is 0 Å². The van der Waals surface area contributed by atoms with Crippen LogP contribution in [0, 0.1) is 6.92 Å². The molecule has 1 heterocycles. The summed E-state index contributed by atoms with van der Waals surface area (Å²) < 4.78 is 0. The standard InChI is InChI=1S/C17H27N3/c1-13-4-7-17(15(10-13)11-18-16-5-6-16)20-9-8-19(3)12-14(20)2/h4,7,10,14,16,18H,5-6,8-9,11-12H2,1-3H3. The van der Waals surface area contributed by atoms with Gasteiger partial charge in [-0.2, -0.15) is 0 Å². The van der Waals surface area contributed by atoms with Crippen molar-refractivity contribution in [3.05, 3.63) is 29.3 Å². The van der Waals surface area contributed by atoms with Crippen LogP contribution in [-0.2, 0) is 6.54 Å². The first-order valence-electron chi connectivity index (χ1n) is 7.91. The van der Waals surface area contributed by atoms with Crippen LogP contribution in [0.15, 0.2) is 18.2 Å². The molecule has 1 aliphatic heterocycles. The Labute approximate surface area is 123 Å². The van der Waals surface area contributed by atoms with Crippen LogP contribution in [-0.4, -0.2) is 43.7 Å². The molecule has 0 amide bonds. The quantitative estimate of drug-likeness (QED) is 0.909. The van der Waals surface area contributed by atoms with E-state index in [1.165, 1.54) is 29.7 Å². The Morgan fingerprint density at radius 2 is 2.05 bits per heavy atom. The molecule has 3 rings (SSSR count). The molecule has 0 spiro atoms. The molecule has 1 unspecified atom stereocenters. The summed E-state index contributed by atoms with van der Waals surface area (Å²) in [5.41, 5.74) is 4.26. The topological polar surface area (TPSA) is 18.5 Å². The van der Waals surface area contributed by atoms with Gasteiger partial charge < -0.3 is 15.1 Å². The molecule has 1 saturated heterocycles. The number of nitrogens with zero attached hydrogens (tertiary/aromatic N) is 2. The van der Waals surface area contributed by atoms with Crippen LogP contribution in [0.25, 0.3) is 0 Å². The molecule has 110 valence electrons. The number of piperazine rings is 1. The average Bonchev–Trinajstić information content (AvgIpc) is 3.21. The molecule has 2 fully saturated rings. The summed E-state index contributed by atoms with van der Waals surface area (Å²) in [7, 11) is 2.22. The second-order valence-corrected chi connectivity index (χ2v) is 6.59. The first-order chi connectivity index (χ1) is 9.63. The molecule has 0 aromatic heterocycles. The lowest BCUT2D eigenvalue weighted by atomic mass is 10.1. The lowest BCUT2D eigenvalue weighted by molar-refractivity contribution is 0.275. The summed E-state index contributed by atoms with van der Waals surface area (Å²) in [6.45, 7) is 9.00. The Hall–Kier alpha value is -1.06. The van der Waals surface area contributed by atoms with Crippen LogP contribution in [0.1, 0.15) is 30.9 Å². The lowest BCUT2D eigenvalue weighted by Gasteiger charge is -2.40. The van der Waals surface area contributed by atoms with E-state index in [1.807, 2.05) is 0 Å². The van der Waals surface area contributed by atoms with Gasteiger partial charge in [-0.15, -0.1) is 0 Å². The molecule has 20 heavy (non-hydrogen) atoms. The van der Waals surface area contributed by atoms with Crippen molar-refractivity contribution in [2.24, 2.45) is 0 Å². The first-order valence-corrected chi connectivity index (χ1v) is 7.91. The Morgan fingerprint density at radius 1 is 1.25 bits per heavy atom. The molecule has 0 bridgehead atoms. The highest BCUT2D eigenvalue weighted by atomic mass is 15.3. The predicted octanol–water partition coefficient (Wildman–Crippen LogP) is 2.39. The summed E-state index contributed by atoms with van der Waals surface area (Å²) in [4.78, 5) is 5.01. The molecule has 1 N–H and O–H groups in total. The maximum absolute atomic E-state index is 3.67. The fourth-order valence-corrected chi connectivity index (χ4v) is 3.18. The maximum atomic E-state index is 3.67. The third-order valence-electron chi connectivity index (χ3n) is 4.53. The van der Waals surface area contributed by atoms with Crippen molar-refractivity contribution in [2.75, 3.05) is 31.6 Å². The number of hydrogen-bond donors (Lipinski definition) is 1. The number of rotatable bonds is 4. The summed E-state index contributed by atoms with van der Waals surface area (Å²) in [5, 5.41) is 3.67. The molecule has 1 atom stereocenters. The minimum Gasteiger partial charge on any atom is -0.366 e. The third-order valence-corrected chi connectivity index (χ3v) is 4.53. The minimum atomic E-state index is 0.594. The summed E-state index contributed by atoms with van der Waals surface area (Å²) in [5.74, 6) is 0. The number of likely N-dealkylation sites (N-methyl/N-ethyl adjacent to an activating group) is 1. The van der Waals surface area contributed by atoms with Crippen molar-refractivity contribution in [2.45, 2.75) is 45.3 Å². The minimum absolute atomic E-state index is 0.594. The third kappa shape index (κ3) is 3.15. The average molecular weight is 273 g/mol. The van der Waals surface area contributed by atoms with Crippen molar-refractivity contribution in [1.29, 1.82) is 0 Å². The number of hydrogen-bond acceptors (Lipinski definition) is 3. The smallest absolute Gasteiger partial charge is 0.0415 e. The van der Waals surface area contributed by atoms with Gasteiger partial charge in [-0.3, -0.25) is 0 Å². The highest BCUT2D eigenvalue weighted by Gasteiger charge is 2.25. The van der Waals surface area contributed by atoms with E-state index in [9.17, 15) is 0 Å². The highest BCUT2D eigenvalue weighted by Crippen LogP contribution is 2.27. The van der Waals surface area contributed by atoms with E-state index in [4.69, 9.17) is 0 Å². The molecule has 1 aromatic rings. The summed E-state index contributed by atoms with van der Waals surface area (Å²) in [6, 6.07) is 8.29. The van der Waals surface area contributed by atoms with Gasteiger partial charge >= 0.3 is 0 Å². The lowest BCUT2D eigenvalue weighted by Crippen LogP contribution is -2.50. The van der Waals surface area contributed by atoms with E-state index in [0.717, 1.165) is 32.2 Å². The fourth-order valence-electron chi connectivity index (χ4n) is 3.18. The van der Waals surface area contributed by atoms with Gasteiger partial charge in [0.15, 0.2) is 0 Å². The van der Waals surface area contributed by atoms with Crippen molar-refractivity contribution in [3.8, 4) is 0 Å². The monoisotopic (exact) mass is 273 g/mol. The van der Waals surface area contributed by atoms with Crippen molar-refractivity contribution in [1.82, 2.24) is 10.2 Å². The van der Waals surface area contributed by atoms with E-state index in [2.05, 4.69) is 54.2 Å². The normalized spacial score (nSPS) is 24.1. The molecule has 1 aromatic carbocycles. The molecular weight excluding hydrogens is 246 g/mol. The summed E-state index contributed by atoms with van der Waals surface area (Å²) >= 11 is 0. The second kappa shape index (κ2) is 5.74. The van der Waals surface area contributed by atoms with Gasteiger partial charge in [0.1, 0.15) is 0 Å². The van der Waals surface area contributed by atoms with Gasteiger partial charge in [-0.05, 0) is 45.4 Å². The Kier molecular flexibility index (Phi) is 3.99. The second-order valence-electron chi connectivity index (χ2n) is 6.59. The van der Waals surface area contributed by atoms with Gasteiger partial charge in [0, 0.05) is 44.0 Å². The largest absolute Gasteiger partial charge is 0.366 e. The molecular formula is C17H27N3. The van der Waals surface area contributed by atoms with Crippen molar-refractivity contribution < 1.29 is 0 Å². The number of aryl methyl sites for hydroxylation is 1.